The number of amides is 1. The summed E-state index contributed by atoms with van der Waals surface area (Å²) in [4.78, 5) is 18.8. The number of benzene rings is 1. The van der Waals surface area contributed by atoms with Crippen LogP contribution in [0.5, 0.6) is 0 Å². The normalized spacial score (nSPS) is 16.3. The molecule has 110 valence electrons. The zero-order valence-corrected chi connectivity index (χ0v) is 13.1. The molecule has 1 aliphatic rings. The second-order valence-corrected chi connectivity index (χ2v) is 6.31. The third-order valence-electron chi connectivity index (χ3n) is 3.94. The quantitative estimate of drug-likeness (QED) is 0.948. The van der Waals surface area contributed by atoms with E-state index in [0.717, 1.165) is 25.2 Å². The summed E-state index contributed by atoms with van der Waals surface area (Å²) in [5.74, 6) is 0.0173. The molecule has 0 radical (unpaired) electrons. The zero-order chi connectivity index (χ0) is 14.8. The van der Waals surface area contributed by atoms with Crippen molar-refractivity contribution < 1.29 is 4.79 Å². The number of thiazole rings is 1. The van der Waals surface area contributed by atoms with E-state index in [9.17, 15) is 4.79 Å². The van der Waals surface area contributed by atoms with Crippen LogP contribution >= 0.6 is 11.3 Å². The fourth-order valence-corrected chi connectivity index (χ4v) is 3.33. The van der Waals surface area contributed by atoms with Crippen molar-refractivity contribution in [3.05, 3.63) is 46.5 Å². The van der Waals surface area contributed by atoms with Crippen molar-refractivity contribution in [3.8, 4) is 0 Å². The third-order valence-corrected chi connectivity index (χ3v) is 4.81. The number of nitrogens with one attached hydrogen (secondary N) is 1. The molecule has 0 bridgehead atoms. The molecule has 5 heteroatoms. The molecule has 0 aliphatic carbocycles. The average molecular weight is 301 g/mol. The SMILES string of the molecule is Cc1csc(NC(=O)[C@H](C)N2CCc3ccccc3C2)n1. The van der Waals surface area contributed by atoms with Gasteiger partial charge in [-0.3, -0.25) is 9.69 Å². The topological polar surface area (TPSA) is 45.2 Å². The highest BCUT2D eigenvalue weighted by Gasteiger charge is 2.25. The number of aromatic nitrogens is 1. The summed E-state index contributed by atoms with van der Waals surface area (Å²) in [6.07, 6.45) is 1.00. The first-order valence-corrected chi connectivity index (χ1v) is 8.05. The Labute approximate surface area is 128 Å². The molecule has 1 N–H and O–H groups in total. The summed E-state index contributed by atoms with van der Waals surface area (Å²) in [7, 11) is 0. The predicted octanol–water partition coefficient (Wildman–Crippen LogP) is 2.84. The van der Waals surface area contributed by atoms with Gasteiger partial charge in [-0.1, -0.05) is 24.3 Å². The number of fused-ring (bicyclic) bond motifs is 1. The van der Waals surface area contributed by atoms with Crippen LogP contribution < -0.4 is 5.32 Å². The molecule has 0 fully saturated rings. The van der Waals surface area contributed by atoms with Gasteiger partial charge in [-0.05, 0) is 31.4 Å². The number of carbonyl (C=O) groups is 1. The molecule has 2 aromatic rings. The van der Waals surface area contributed by atoms with Crippen LogP contribution in [0.25, 0.3) is 0 Å². The van der Waals surface area contributed by atoms with Gasteiger partial charge in [0.15, 0.2) is 5.13 Å². The first-order valence-electron chi connectivity index (χ1n) is 7.17. The summed E-state index contributed by atoms with van der Waals surface area (Å²) in [6.45, 7) is 5.64. The number of hydrogen-bond acceptors (Lipinski definition) is 4. The van der Waals surface area contributed by atoms with Gasteiger partial charge < -0.3 is 5.32 Å². The van der Waals surface area contributed by atoms with Gasteiger partial charge in [-0.25, -0.2) is 4.98 Å². The van der Waals surface area contributed by atoms with E-state index in [1.807, 2.05) is 19.2 Å². The smallest absolute Gasteiger partial charge is 0.243 e. The van der Waals surface area contributed by atoms with Crippen molar-refractivity contribution >= 4 is 22.4 Å². The lowest BCUT2D eigenvalue weighted by atomic mass is 9.99. The molecule has 4 nitrogen and oxygen atoms in total. The van der Waals surface area contributed by atoms with E-state index in [-0.39, 0.29) is 11.9 Å². The molecule has 0 unspecified atom stereocenters. The van der Waals surface area contributed by atoms with E-state index < -0.39 is 0 Å². The number of carbonyl (C=O) groups excluding carboxylic acids is 1. The fraction of sp³-hybridized carbons (Fsp3) is 0.375. The lowest BCUT2D eigenvalue weighted by Crippen LogP contribution is -2.44. The Kier molecular flexibility index (Phi) is 4.03. The van der Waals surface area contributed by atoms with Crippen molar-refractivity contribution in [2.45, 2.75) is 32.9 Å². The van der Waals surface area contributed by atoms with Crippen LogP contribution in [-0.4, -0.2) is 28.4 Å². The van der Waals surface area contributed by atoms with Gasteiger partial charge in [0.05, 0.1) is 11.7 Å². The Balaban J connectivity index is 1.66. The number of nitrogens with zero attached hydrogens (tertiary/aromatic N) is 2. The predicted molar refractivity (Wildman–Crippen MR) is 85.5 cm³/mol. The Morgan fingerprint density at radius 3 is 2.86 bits per heavy atom. The van der Waals surface area contributed by atoms with E-state index in [1.54, 1.807) is 0 Å². The highest BCUT2D eigenvalue weighted by molar-refractivity contribution is 7.13. The molecule has 21 heavy (non-hydrogen) atoms. The molecule has 1 aromatic carbocycles. The van der Waals surface area contributed by atoms with Gasteiger partial charge in [0.1, 0.15) is 0 Å². The lowest BCUT2D eigenvalue weighted by Gasteiger charge is -2.32. The molecule has 0 saturated carbocycles. The van der Waals surface area contributed by atoms with Crippen LogP contribution in [-0.2, 0) is 17.8 Å². The minimum atomic E-state index is -0.150. The molecule has 1 aliphatic heterocycles. The maximum Gasteiger partial charge on any atom is 0.243 e. The summed E-state index contributed by atoms with van der Waals surface area (Å²) < 4.78 is 0. The van der Waals surface area contributed by atoms with Gasteiger partial charge in [0, 0.05) is 18.5 Å². The monoisotopic (exact) mass is 301 g/mol. The van der Waals surface area contributed by atoms with Gasteiger partial charge in [-0.15, -0.1) is 11.3 Å². The molecular weight excluding hydrogens is 282 g/mol. The molecule has 0 spiro atoms. The first-order chi connectivity index (χ1) is 10.1. The maximum atomic E-state index is 12.3. The minimum absolute atomic E-state index is 0.0173. The molecule has 0 saturated heterocycles. The van der Waals surface area contributed by atoms with Crippen molar-refractivity contribution in [2.75, 3.05) is 11.9 Å². The summed E-state index contributed by atoms with van der Waals surface area (Å²) in [5.41, 5.74) is 3.67. The molecule has 2 heterocycles. The Morgan fingerprint density at radius 1 is 1.38 bits per heavy atom. The van der Waals surface area contributed by atoms with Crippen molar-refractivity contribution in [3.63, 3.8) is 0 Å². The van der Waals surface area contributed by atoms with Crippen molar-refractivity contribution in [2.24, 2.45) is 0 Å². The van der Waals surface area contributed by atoms with Gasteiger partial charge in [-0.2, -0.15) is 0 Å². The highest BCUT2D eigenvalue weighted by atomic mass is 32.1. The van der Waals surface area contributed by atoms with Crippen LogP contribution in [0.15, 0.2) is 29.6 Å². The lowest BCUT2D eigenvalue weighted by molar-refractivity contribution is -0.121. The van der Waals surface area contributed by atoms with E-state index >= 15 is 0 Å². The van der Waals surface area contributed by atoms with Crippen molar-refractivity contribution in [1.29, 1.82) is 0 Å². The fourth-order valence-electron chi connectivity index (χ4n) is 2.64. The zero-order valence-electron chi connectivity index (χ0n) is 12.3. The molecular formula is C16H19N3OS. The standard InChI is InChI=1S/C16H19N3OS/c1-11-10-21-16(17-11)18-15(20)12(2)19-8-7-13-5-3-4-6-14(13)9-19/h3-6,10,12H,7-9H2,1-2H3,(H,17,18,20)/t12-/m0/s1. The molecule has 3 rings (SSSR count). The number of aryl methyl sites for hydroxylation is 1. The molecule has 1 amide bonds. The third kappa shape index (κ3) is 3.14. The number of hydrogen-bond donors (Lipinski definition) is 1. The second kappa shape index (κ2) is 5.95. The summed E-state index contributed by atoms with van der Waals surface area (Å²) in [5, 5.41) is 5.53. The number of rotatable bonds is 3. The molecule has 1 atom stereocenters. The van der Waals surface area contributed by atoms with Crippen LogP contribution in [0.1, 0.15) is 23.7 Å². The van der Waals surface area contributed by atoms with Crippen LogP contribution in [0.3, 0.4) is 0 Å². The second-order valence-electron chi connectivity index (χ2n) is 5.45. The van der Waals surface area contributed by atoms with Crippen LogP contribution in [0.2, 0.25) is 0 Å². The Hall–Kier alpha value is -1.72. The molecule has 1 aromatic heterocycles. The Morgan fingerprint density at radius 2 is 2.14 bits per heavy atom. The highest BCUT2D eigenvalue weighted by Crippen LogP contribution is 2.21. The minimum Gasteiger partial charge on any atom is -0.301 e. The van der Waals surface area contributed by atoms with Gasteiger partial charge >= 0.3 is 0 Å². The van der Waals surface area contributed by atoms with Gasteiger partial charge in [0.25, 0.3) is 0 Å². The van der Waals surface area contributed by atoms with E-state index in [4.69, 9.17) is 0 Å². The van der Waals surface area contributed by atoms with Crippen LogP contribution in [0, 0.1) is 6.92 Å². The summed E-state index contributed by atoms with van der Waals surface area (Å²) >= 11 is 1.47. The average Bonchev–Trinajstić information content (AvgIpc) is 2.91. The Bertz CT molecular complexity index is 652. The maximum absolute atomic E-state index is 12.3. The number of anilines is 1. The van der Waals surface area contributed by atoms with E-state index in [2.05, 4.69) is 39.5 Å². The van der Waals surface area contributed by atoms with Gasteiger partial charge in [0.2, 0.25) is 5.91 Å². The van der Waals surface area contributed by atoms with E-state index in [1.165, 1.54) is 22.5 Å². The van der Waals surface area contributed by atoms with Crippen molar-refractivity contribution in [1.82, 2.24) is 9.88 Å². The largest absolute Gasteiger partial charge is 0.301 e. The van der Waals surface area contributed by atoms with Crippen LogP contribution in [0.4, 0.5) is 5.13 Å². The first kappa shape index (κ1) is 14.2. The summed E-state index contributed by atoms with van der Waals surface area (Å²) in [6, 6.07) is 8.31. The van der Waals surface area contributed by atoms with E-state index in [0.29, 0.717) is 5.13 Å².